The van der Waals surface area contributed by atoms with Crippen molar-refractivity contribution in [2.24, 2.45) is 0 Å². The minimum Gasteiger partial charge on any atom is -0.395 e. The molecular weight excluding hydrogens is 248 g/mol. The lowest BCUT2D eigenvalue weighted by Crippen LogP contribution is -2.04. The first-order chi connectivity index (χ1) is 8.86. The van der Waals surface area contributed by atoms with Crippen molar-refractivity contribution < 1.29 is 14.6 Å². The van der Waals surface area contributed by atoms with Gasteiger partial charge in [0.2, 0.25) is 0 Å². The minimum absolute atomic E-state index is 0.117. The minimum atomic E-state index is 0.117. The van der Waals surface area contributed by atoms with Crippen LogP contribution in [0, 0.1) is 11.8 Å². The van der Waals surface area contributed by atoms with Crippen molar-refractivity contribution in [2.45, 2.75) is 26.4 Å². The summed E-state index contributed by atoms with van der Waals surface area (Å²) in [6.07, 6.45) is 1.57. The van der Waals surface area contributed by atoms with Crippen LogP contribution in [-0.2, 0) is 16.1 Å². The molecular formula is C14H20O3S. The third-order valence-corrected chi connectivity index (χ3v) is 3.05. The van der Waals surface area contributed by atoms with Gasteiger partial charge < -0.3 is 14.6 Å². The quantitative estimate of drug-likeness (QED) is 0.581. The van der Waals surface area contributed by atoms with E-state index in [0.29, 0.717) is 26.2 Å². The van der Waals surface area contributed by atoms with E-state index >= 15 is 0 Å². The molecule has 4 heteroatoms. The molecule has 18 heavy (non-hydrogen) atoms. The molecule has 1 aromatic heterocycles. The first kappa shape index (κ1) is 15.2. The first-order valence-corrected chi connectivity index (χ1v) is 7.02. The fourth-order valence-electron chi connectivity index (χ4n) is 1.27. The van der Waals surface area contributed by atoms with Crippen molar-refractivity contribution in [1.82, 2.24) is 0 Å². The van der Waals surface area contributed by atoms with Crippen molar-refractivity contribution >= 4 is 11.3 Å². The maximum Gasteiger partial charge on any atom is 0.0810 e. The van der Waals surface area contributed by atoms with Crippen molar-refractivity contribution in [3.63, 3.8) is 0 Å². The highest BCUT2D eigenvalue weighted by Crippen LogP contribution is 2.16. The molecule has 0 saturated carbocycles. The number of aliphatic hydroxyl groups is 1. The van der Waals surface area contributed by atoms with E-state index in [4.69, 9.17) is 14.6 Å². The maximum absolute atomic E-state index is 8.62. The number of thiophene rings is 1. The maximum atomic E-state index is 8.62. The van der Waals surface area contributed by atoms with Gasteiger partial charge in [-0.05, 0) is 18.6 Å². The van der Waals surface area contributed by atoms with E-state index in [1.165, 1.54) is 4.88 Å². The zero-order valence-electron chi connectivity index (χ0n) is 10.8. The summed E-state index contributed by atoms with van der Waals surface area (Å²) in [5.74, 6) is 5.92. The van der Waals surface area contributed by atoms with Crippen LogP contribution in [0.4, 0.5) is 0 Å². The summed E-state index contributed by atoms with van der Waals surface area (Å²) in [5.41, 5.74) is 0. The van der Waals surface area contributed by atoms with Gasteiger partial charge in [0.15, 0.2) is 0 Å². The molecule has 0 aliphatic heterocycles. The van der Waals surface area contributed by atoms with Gasteiger partial charge in [-0.1, -0.05) is 18.8 Å². The lowest BCUT2D eigenvalue weighted by molar-refractivity contribution is 0.0417. The molecule has 1 aromatic rings. The second kappa shape index (κ2) is 10.1. The molecule has 0 fully saturated rings. The van der Waals surface area contributed by atoms with Gasteiger partial charge in [0.05, 0.1) is 31.3 Å². The Morgan fingerprint density at radius 3 is 2.83 bits per heavy atom. The Kier molecular flexibility index (Phi) is 8.53. The largest absolute Gasteiger partial charge is 0.395 e. The first-order valence-electron chi connectivity index (χ1n) is 6.20. The highest BCUT2D eigenvalue weighted by atomic mass is 32.1. The molecule has 1 N–H and O–H groups in total. The van der Waals surface area contributed by atoms with E-state index in [9.17, 15) is 0 Å². The van der Waals surface area contributed by atoms with Crippen LogP contribution in [-0.4, -0.2) is 31.5 Å². The fraction of sp³-hybridized carbons (Fsp3) is 0.571. The van der Waals surface area contributed by atoms with Gasteiger partial charge in [0, 0.05) is 17.9 Å². The Morgan fingerprint density at radius 2 is 2.06 bits per heavy atom. The van der Waals surface area contributed by atoms with Gasteiger partial charge in [-0.25, -0.2) is 0 Å². The Hall–Kier alpha value is -0.860. The van der Waals surface area contributed by atoms with E-state index in [1.54, 1.807) is 11.3 Å². The van der Waals surface area contributed by atoms with E-state index in [-0.39, 0.29) is 6.61 Å². The molecule has 1 rings (SSSR count). The second-order valence-corrected chi connectivity index (χ2v) is 4.87. The fourth-order valence-corrected chi connectivity index (χ4v) is 2.09. The third kappa shape index (κ3) is 6.77. The monoisotopic (exact) mass is 268 g/mol. The third-order valence-electron chi connectivity index (χ3n) is 2.07. The van der Waals surface area contributed by atoms with Crippen LogP contribution in [0.3, 0.4) is 0 Å². The van der Waals surface area contributed by atoms with E-state index < -0.39 is 0 Å². The Bertz CT molecular complexity index is 376. The predicted octanol–water partition coefficient (Wildman–Crippen LogP) is 2.43. The smallest absolute Gasteiger partial charge is 0.0810 e. The zero-order valence-corrected chi connectivity index (χ0v) is 11.6. The van der Waals surface area contributed by atoms with Gasteiger partial charge >= 0.3 is 0 Å². The van der Waals surface area contributed by atoms with Gasteiger partial charge in [-0.3, -0.25) is 0 Å². The number of hydrogen-bond donors (Lipinski definition) is 1. The predicted molar refractivity (Wildman–Crippen MR) is 73.7 cm³/mol. The Labute approximate surface area is 113 Å². The molecule has 0 aromatic carbocycles. The molecule has 0 unspecified atom stereocenters. The number of ether oxygens (including phenoxy) is 2. The normalized spacial score (nSPS) is 10.1. The van der Waals surface area contributed by atoms with Crippen molar-refractivity contribution in [3.05, 3.63) is 21.9 Å². The number of hydrogen-bond acceptors (Lipinski definition) is 4. The molecule has 0 spiro atoms. The van der Waals surface area contributed by atoms with Gasteiger partial charge in [-0.2, -0.15) is 0 Å². The molecule has 3 nitrogen and oxygen atoms in total. The van der Waals surface area contributed by atoms with E-state index in [0.717, 1.165) is 17.9 Å². The standard InChI is InChI=1S/C14H20O3S/c1-2-9-16-10-11-17-12-14-7-6-13(18-14)5-3-4-8-15/h6-7,15H,2,4,8-12H2,1H3. The van der Waals surface area contributed by atoms with Gasteiger partial charge in [0.25, 0.3) is 0 Å². The van der Waals surface area contributed by atoms with Gasteiger partial charge in [-0.15, -0.1) is 11.3 Å². The molecule has 0 aliphatic rings. The van der Waals surface area contributed by atoms with E-state index in [1.807, 2.05) is 12.1 Å². The average Bonchev–Trinajstić information content (AvgIpc) is 2.82. The van der Waals surface area contributed by atoms with Crippen molar-refractivity contribution in [1.29, 1.82) is 0 Å². The second-order valence-electron chi connectivity index (χ2n) is 3.71. The molecule has 0 bridgehead atoms. The van der Waals surface area contributed by atoms with Crippen LogP contribution in [0.2, 0.25) is 0 Å². The topological polar surface area (TPSA) is 38.7 Å². The van der Waals surface area contributed by atoms with Crippen molar-refractivity contribution in [2.75, 3.05) is 26.4 Å². The summed E-state index contributed by atoms with van der Waals surface area (Å²) in [5, 5.41) is 8.62. The van der Waals surface area contributed by atoms with Crippen LogP contribution >= 0.6 is 11.3 Å². The molecule has 100 valence electrons. The summed E-state index contributed by atoms with van der Waals surface area (Å²) in [6.45, 7) is 4.90. The van der Waals surface area contributed by atoms with E-state index in [2.05, 4.69) is 18.8 Å². The molecule has 0 radical (unpaired) electrons. The Morgan fingerprint density at radius 1 is 1.22 bits per heavy atom. The molecule has 0 amide bonds. The summed E-state index contributed by atoms with van der Waals surface area (Å²) in [4.78, 5) is 2.18. The molecule has 0 atom stereocenters. The van der Waals surface area contributed by atoms with Crippen LogP contribution in [0.1, 0.15) is 29.5 Å². The SMILES string of the molecule is CCCOCCOCc1ccc(C#CCCO)s1. The molecule has 0 saturated heterocycles. The van der Waals surface area contributed by atoms with Crippen LogP contribution in [0.25, 0.3) is 0 Å². The molecule has 1 heterocycles. The zero-order chi connectivity index (χ0) is 13.1. The summed E-state index contributed by atoms with van der Waals surface area (Å²) in [7, 11) is 0. The number of aliphatic hydroxyl groups excluding tert-OH is 1. The summed E-state index contributed by atoms with van der Waals surface area (Å²) >= 11 is 1.63. The van der Waals surface area contributed by atoms with Crippen LogP contribution in [0.5, 0.6) is 0 Å². The lowest BCUT2D eigenvalue weighted by atomic mass is 10.4. The summed E-state index contributed by atoms with van der Waals surface area (Å²) in [6, 6.07) is 4.02. The lowest BCUT2D eigenvalue weighted by Gasteiger charge is -2.03. The highest BCUT2D eigenvalue weighted by molar-refractivity contribution is 7.12. The van der Waals surface area contributed by atoms with Crippen LogP contribution in [0.15, 0.2) is 12.1 Å². The Balaban J connectivity index is 2.17. The number of rotatable bonds is 8. The molecule has 0 aliphatic carbocycles. The van der Waals surface area contributed by atoms with Crippen LogP contribution < -0.4 is 0 Å². The highest BCUT2D eigenvalue weighted by Gasteiger charge is 1.98. The average molecular weight is 268 g/mol. The van der Waals surface area contributed by atoms with Crippen molar-refractivity contribution in [3.8, 4) is 11.8 Å². The van der Waals surface area contributed by atoms with Gasteiger partial charge in [0.1, 0.15) is 0 Å². The summed E-state index contributed by atoms with van der Waals surface area (Å²) < 4.78 is 10.8.